The summed E-state index contributed by atoms with van der Waals surface area (Å²) in [7, 11) is 5.38. The number of nitrogens with zero attached hydrogens (tertiary/aromatic N) is 2. The Morgan fingerprint density at radius 2 is 1.92 bits per heavy atom. The van der Waals surface area contributed by atoms with Crippen LogP contribution in [-0.2, 0) is 9.53 Å². The highest BCUT2D eigenvalue weighted by Gasteiger charge is 2.08. The van der Waals surface area contributed by atoms with Gasteiger partial charge in [-0.2, -0.15) is 0 Å². The molecule has 0 radical (unpaired) electrons. The van der Waals surface area contributed by atoms with E-state index in [2.05, 4.69) is 4.74 Å². The van der Waals surface area contributed by atoms with Crippen molar-refractivity contribution in [2.24, 2.45) is 0 Å². The van der Waals surface area contributed by atoms with Crippen LogP contribution in [0.15, 0.2) is 0 Å². The van der Waals surface area contributed by atoms with Crippen LogP contribution >= 0.6 is 0 Å². The molecule has 1 amide bonds. The number of ether oxygens (including phenoxy) is 1. The standard InChI is InChI=1S/C7H14N2O3/c1-8(2)4-5-9(3)7(11)12-6-10/h6H,4-5H2,1-3H3. The summed E-state index contributed by atoms with van der Waals surface area (Å²) in [5, 5.41) is 0. The lowest BCUT2D eigenvalue weighted by Gasteiger charge is -2.17. The second kappa shape index (κ2) is 5.54. The summed E-state index contributed by atoms with van der Waals surface area (Å²) in [6, 6.07) is 0. The maximum absolute atomic E-state index is 10.8. The number of hydrogen-bond acceptors (Lipinski definition) is 4. The molecule has 0 heterocycles. The van der Waals surface area contributed by atoms with E-state index in [0.717, 1.165) is 6.54 Å². The van der Waals surface area contributed by atoms with Gasteiger partial charge in [-0.15, -0.1) is 0 Å². The van der Waals surface area contributed by atoms with Crippen molar-refractivity contribution in [1.82, 2.24) is 9.80 Å². The van der Waals surface area contributed by atoms with Gasteiger partial charge in [-0.05, 0) is 14.1 Å². The van der Waals surface area contributed by atoms with Crippen LogP contribution in [0.3, 0.4) is 0 Å². The third-order valence-electron chi connectivity index (χ3n) is 1.34. The van der Waals surface area contributed by atoms with Crippen molar-refractivity contribution in [2.75, 3.05) is 34.2 Å². The number of hydrogen-bond donors (Lipinski definition) is 0. The van der Waals surface area contributed by atoms with Crippen LogP contribution in [0.2, 0.25) is 0 Å². The van der Waals surface area contributed by atoms with Gasteiger partial charge >= 0.3 is 12.6 Å². The summed E-state index contributed by atoms with van der Waals surface area (Å²) in [5.74, 6) is 0. The molecule has 0 aliphatic carbocycles. The average Bonchev–Trinajstić information content (AvgIpc) is 2.00. The van der Waals surface area contributed by atoms with E-state index in [1.54, 1.807) is 7.05 Å². The SMILES string of the molecule is CN(C)CCN(C)C(=O)OC=O. The maximum atomic E-state index is 10.8. The molecule has 0 spiro atoms. The van der Waals surface area contributed by atoms with Crippen LogP contribution in [0.5, 0.6) is 0 Å². The highest BCUT2D eigenvalue weighted by atomic mass is 16.6. The number of carbonyl (C=O) groups is 2. The topological polar surface area (TPSA) is 49.9 Å². The first-order chi connectivity index (χ1) is 5.57. The molecule has 0 unspecified atom stereocenters. The van der Waals surface area contributed by atoms with Crippen molar-refractivity contribution in [3.05, 3.63) is 0 Å². The van der Waals surface area contributed by atoms with Crippen molar-refractivity contribution < 1.29 is 14.3 Å². The van der Waals surface area contributed by atoms with Gasteiger partial charge in [0, 0.05) is 20.1 Å². The van der Waals surface area contributed by atoms with Gasteiger partial charge in [0.1, 0.15) is 0 Å². The van der Waals surface area contributed by atoms with Gasteiger partial charge in [0.15, 0.2) is 0 Å². The Labute approximate surface area is 71.9 Å². The molecular weight excluding hydrogens is 160 g/mol. The first-order valence-electron chi connectivity index (χ1n) is 3.58. The van der Waals surface area contributed by atoms with Gasteiger partial charge in [0.25, 0.3) is 0 Å². The number of carbonyl (C=O) groups excluding carboxylic acids is 2. The van der Waals surface area contributed by atoms with Crippen LogP contribution in [0.1, 0.15) is 0 Å². The number of rotatable bonds is 4. The first-order valence-corrected chi connectivity index (χ1v) is 3.58. The van der Waals surface area contributed by atoms with Gasteiger partial charge in [0.2, 0.25) is 0 Å². The second-order valence-electron chi connectivity index (χ2n) is 2.70. The lowest BCUT2D eigenvalue weighted by molar-refractivity contribution is -0.124. The van der Waals surface area contributed by atoms with Crippen LogP contribution in [0, 0.1) is 0 Å². The van der Waals surface area contributed by atoms with Crippen molar-refractivity contribution in [1.29, 1.82) is 0 Å². The van der Waals surface area contributed by atoms with Gasteiger partial charge in [-0.25, -0.2) is 4.79 Å². The maximum Gasteiger partial charge on any atom is 0.417 e. The van der Waals surface area contributed by atoms with E-state index in [4.69, 9.17) is 0 Å². The van der Waals surface area contributed by atoms with Crippen molar-refractivity contribution in [3.63, 3.8) is 0 Å². The van der Waals surface area contributed by atoms with Crippen molar-refractivity contribution in [2.45, 2.75) is 0 Å². The summed E-state index contributed by atoms with van der Waals surface area (Å²) in [6.07, 6.45) is -0.619. The minimum Gasteiger partial charge on any atom is -0.379 e. The molecular formula is C7H14N2O3. The number of likely N-dealkylation sites (N-methyl/N-ethyl adjacent to an activating group) is 2. The van der Waals surface area contributed by atoms with E-state index < -0.39 is 6.09 Å². The zero-order chi connectivity index (χ0) is 9.56. The summed E-state index contributed by atoms with van der Waals surface area (Å²) in [4.78, 5) is 23.9. The molecule has 12 heavy (non-hydrogen) atoms. The molecule has 70 valence electrons. The number of amides is 1. The van der Waals surface area contributed by atoms with Crippen LogP contribution < -0.4 is 0 Å². The fraction of sp³-hybridized carbons (Fsp3) is 0.714. The van der Waals surface area contributed by atoms with E-state index in [9.17, 15) is 9.59 Å². The lowest BCUT2D eigenvalue weighted by atomic mass is 10.5. The third-order valence-corrected chi connectivity index (χ3v) is 1.34. The summed E-state index contributed by atoms with van der Waals surface area (Å²) < 4.78 is 4.12. The molecule has 0 atom stereocenters. The minimum absolute atomic E-state index is 0.133. The molecule has 0 rings (SSSR count). The molecule has 5 nitrogen and oxygen atoms in total. The fourth-order valence-corrected chi connectivity index (χ4v) is 0.572. The predicted octanol–water partition coefficient (Wildman–Crippen LogP) is -0.227. The summed E-state index contributed by atoms with van der Waals surface area (Å²) in [5.41, 5.74) is 0. The van der Waals surface area contributed by atoms with Crippen molar-refractivity contribution >= 4 is 12.6 Å². The van der Waals surface area contributed by atoms with Crippen molar-refractivity contribution in [3.8, 4) is 0 Å². The Morgan fingerprint density at radius 3 is 2.33 bits per heavy atom. The van der Waals surface area contributed by atoms with Gasteiger partial charge in [0.05, 0.1) is 0 Å². The van der Waals surface area contributed by atoms with Gasteiger partial charge in [-0.1, -0.05) is 0 Å². The Bertz CT molecular complexity index is 159. The molecule has 5 heteroatoms. The van der Waals surface area contributed by atoms with Crippen LogP contribution in [-0.4, -0.2) is 56.6 Å². The van der Waals surface area contributed by atoms with Crippen LogP contribution in [0.4, 0.5) is 4.79 Å². The van der Waals surface area contributed by atoms with Crippen LogP contribution in [0.25, 0.3) is 0 Å². The Hall–Kier alpha value is -1.10. The van der Waals surface area contributed by atoms with Gasteiger partial charge < -0.3 is 14.5 Å². The summed E-state index contributed by atoms with van der Waals surface area (Å²) in [6.45, 7) is 1.42. The average molecular weight is 174 g/mol. The molecule has 0 aromatic rings. The predicted molar refractivity (Wildman–Crippen MR) is 43.7 cm³/mol. The molecule has 0 saturated carbocycles. The van der Waals surface area contributed by atoms with E-state index in [0.29, 0.717) is 6.54 Å². The third kappa shape index (κ3) is 4.68. The second-order valence-corrected chi connectivity index (χ2v) is 2.70. The zero-order valence-corrected chi connectivity index (χ0v) is 7.61. The molecule has 0 aromatic carbocycles. The quantitative estimate of drug-likeness (QED) is 0.436. The Balaban J connectivity index is 3.63. The van der Waals surface area contributed by atoms with Gasteiger partial charge in [-0.3, -0.25) is 4.79 Å². The molecule has 0 N–H and O–H groups in total. The normalized spacial score (nSPS) is 9.67. The molecule has 0 aliphatic rings. The largest absolute Gasteiger partial charge is 0.417 e. The monoisotopic (exact) mass is 174 g/mol. The lowest BCUT2D eigenvalue weighted by Crippen LogP contribution is -2.33. The van der Waals surface area contributed by atoms with E-state index >= 15 is 0 Å². The molecule has 0 saturated heterocycles. The smallest absolute Gasteiger partial charge is 0.379 e. The summed E-state index contributed by atoms with van der Waals surface area (Å²) >= 11 is 0. The first kappa shape index (κ1) is 10.9. The Kier molecular flexibility index (Phi) is 5.03. The minimum atomic E-state index is -0.619. The molecule has 0 aliphatic heterocycles. The molecule has 0 bridgehead atoms. The van der Waals surface area contributed by atoms with E-state index in [1.165, 1.54) is 4.90 Å². The molecule has 0 fully saturated rings. The molecule has 0 aromatic heterocycles. The van der Waals surface area contributed by atoms with E-state index in [-0.39, 0.29) is 6.47 Å². The Morgan fingerprint density at radius 1 is 1.33 bits per heavy atom. The highest BCUT2D eigenvalue weighted by molar-refractivity contribution is 5.74. The zero-order valence-electron chi connectivity index (χ0n) is 7.61. The van der Waals surface area contributed by atoms with E-state index in [1.807, 2.05) is 19.0 Å². The fourth-order valence-electron chi connectivity index (χ4n) is 0.572. The highest BCUT2D eigenvalue weighted by Crippen LogP contribution is 1.88.